The highest BCUT2D eigenvalue weighted by Gasteiger charge is 2.00. The number of imidazole rings is 1. The van der Waals surface area contributed by atoms with Crippen LogP contribution in [-0.4, -0.2) is 24.5 Å². The first-order valence-corrected chi connectivity index (χ1v) is 4.20. The second kappa shape index (κ2) is 3.78. The lowest BCUT2D eigenvalue weighted by molar-refractivity contribution is 0.763. The molecule has 0 fully saturated rings. The molecule has 8 nitrogen and oxygen atoms in total. The first kappa shape index (κ1) is 9.19. The summed E-state index contributed by atoms with van der Waals surface area (Å²) in [4.78, 5) is 15.3. The summed E-state index contributed by atoms with van der Waals surface area (Å²) in [6, 6.07) is 0. The molecule has 5 N–H and O–H groups in total. The minimum atomic E-state index is 0.0932. The molecular formula is C7H10N8. The number of nitrogens with one attached hydrogen (secondary N) is 1. The molecule has 0 aliphatic heterocycles. The van der Waals surface area contributed by atoms with Crippen LogP contribution >= 0.6 is 0 Å². The van der Waals surface area contributed by atoms with Gasteiger partial charge in [0, 0.05) is 12.4 Å². The number of nitrogen functional groups attached to an aromatic ring is 2. The third-order valence-corrected chi connectivity index (χ3v) is 1.65. The lowest BCUT2D eigenvalue weighted by Crippen LogP contribution is -2.11. The molecule has 0 aromatic carbocycles. The van der Waals surface area contributed by atoms with Crippen LogP contribution in [0.5, 0.6) is 0 Å². The van der Waals surface area contributed by atoms with Gasteiger partial charge in [0.1, 0.15) is 0 Å². The van der Waals surface area contributed by atoms with Crippen molar-refractivity contribution in [2.24, 2.45) is 0 Å². The van der Waals surface area contributed by atoms with E-state index in [2.05, 4.69) is 25.3 Å². The molecule has 2 aromatic rings. The molecule has 0 unspecified atom stereocenters. The van der Waals surface area contributed by atoms with E-state index in [0.29, 0.717) is 12.6 Å². The topological polar surface area (TPSA) is 121 Å². The molecule has 2 rings (SSSR count). The van der Waals surface area contributed by atoms with Crippen LogP contribution in [0.25, 0.3) is 0 Å². The Labute approximate surface area is 85.4 Å². The van der Waals surface area contributed by atoms with Crippen LogP contribution in [0.15, 0.2) is 18.7 Å². The van der Waals surface area contributed by atoms with E-state index in [4.69, 9.17) is 11.5 Å². The number of aromatic nitrogens is 5. The summed E-state index contributed by atoms with van der Waals surface area (Å²) in [5.41, 5.74) is 10.8. The highest BCUT2D eigenvalue weighted by molar-refractivity contribution is 5.36. The summed E-state index contributed by atoms with van der Waals surface area (Å²) in [5.74, 6) is 0.528. The van der Waals surface area contributed by atoms with Gasteiger partial charge in [-0.15, -0.1) is 0 Å². The zero-order valence-electron chi connectivity index (χ0n) is 7.83. The van der Waals surface area contributed by atoms with E-state index >= 15 is 0 Å². The molecule has 0 aliphatic rings. The van der Waals surface area contributed by atoms with Crippen molar-refractivity contribution in [2.75, 3.05) is 16.8 Å². The van der Waals surface area contributed by atoms with E-state index in [1.807, 2.05) is 4.57 Å². The third-order valence-electron chi connectivity index (χ3n) is 1.65. The number of hydrogen-bond acceptors (Lipinski definition) is 7. The summed E-state index contributed by atoms with van der Waals surface area (Å²) in [7, 11) is 0. The zero-order chi connectivity index (χ0) is 10.7. The lowest BCUT2D eigenvalue weighted by Gasteiger charge is -2.05. The fraction of sp³-hybridized carbons (Fsp3) is 0.143. The maximum Gasteiger partial charge on any atom is 0.230 e. The largest absolute Gasteiger partial charge is 0.368 e. The fourth-order valence-corrected chi connectivity index (χ4v) is 1.03. The van der Waals surface area contributed by atoms with E-state index in [0.717, 1.165) is 0 Å². The van der Waals surface area contributed by atoms with Crippen LogP contribution < -0.4 is 16.8 Å². The molecule has 0 saturated heterocycles. The highest BCUT2D eigenvalue weighted by atomic mass is 15.3. The normalized spacial score (nSPS) is 10.1. The number of hydrogen-bond donors (Lipinski definition) is 3. The third kappa shape index (κ3) is 2.30. The van der Waals surface area contributed by atoms with E-state index in [1.54, 1.807) is 18.7 Å². The Bertz CT molecular complexity index is 416. The Morgan fingerprint density at radius 1 is 1.20 bits per heavy atom. The second-order valence-electron chi connectivity index (χ2n) is 2.79. The van der Waals surface area contributed by atoms with Crippen molar-refractivity contribution in [1.29, 1.82) is 0 Å². The predicted molar refractivity (Wildman–Crippen MR) is 54.5 cm³/mol. The van der Waals surface area contributed by atoms with Crippen molar-refractivity contribution in [2.45, 2.75) is 6.67 Å². The van der Waals surface area contributed by atoms with Crippen LogP contribution in [0.3, 0.4) is 0 Å². The molecule has 0 aliphatic carbocycles. The van der Waals surface area contributed by atoms with E-state index < -0.39 is 0 Å². The van der Waals surface area contributed by atoms with E-state index in [1.165, 1.54) is 0 Å². The summed E-state index contributed by atoms with van der Waals surface area (Å²) < 4.78 is 1.82. The SMILES string of the molecule is Nc1nc(N)nc(NCn2ccnc2)n1. The maximum absolute atomic E-state index is 5.41. The monoisotopic (exact) mass is 206 g/mol. The van der Waals surface area contributed by atoms with Gasteiger partial charge in [-0.05, 0) is 0 Å². The van der Waals surface area contributed by atoms with Gasteiger partial charge in [0.25, 0.3) is 0 Å². The maximum atomic E-state index is 5.41. The van der Waals surface area contributed by atoms with Crippen LogP contribution in [-0.2, 0) is 6.67 Å². The molecule has 8 heteroatoms. The molecule has 0 amide bonds. The first-order chi connectivity index (χ1) is 7.24. The summed E-state index contributed by atoms with van der Waals surface area (Å²) in [5, 5.41) is 2.93. The molecule has 78 valence electrons. The highest BCUT2D eigenvalue weighted by Crippen LogP contribution is 2.03. The summed E-state index contributed by atoms with van der Waals surface area (Å²) in [6.07, 6.45) is 5.15. The van der Waals surface area contributed by atoms with Gasteiger partial charge >= 0.3 is 0 Å². The van der Waals surface area contributed by atoms with Crippen molar-refractivity contribution < 1.29 is 0 Å². The Balaban J connectivity index is 2.05. The molecule has 0 radical (unpaired) electrons. The Kier molecular flexibility index (Phi) is 2.31. The van der Waals surface area contributed by atoms with Gasteiger partial charge in [-0.2, -0.15) is 15.0 Å². The molecule has 0 bridgehead atoms. The average molecular weight is 206 g/mol. The van der Waals surface area contributed by atoms with E-state index in [9.17, 15) is 0 Å². The number of rotatable bonds is 3. The zero-order valence-corrected chi connectivity index (χ0v) is 7.83. The van der Waals surface area contributed by atoms with Gasteiger partial charge in [-0.1, -0.05) is 0 Å². The number of anilines is 3. The van der Waals surface area contributed by atoms with Crippen LogP contribution in [0.4, 0.5) is 17.8 Å². The smallest absolute Gasteiger partial charge is 0.230 e. The molecular weight excluding hydrogens is 196 g/mol. The minimum Gasteiger partial charge on any atom is -0.368 e. The van der Waals surface area contributed by atoms with Crippen molar-refractivity contribution in [3.8, 4) is 0 Å². The molecule has 0 spiro atoms. The van der Waals surface area contributed by atoms with Crippen LogP contribution in [0, 0.1) is 0 Å². The van der Waals surface area contributed by atoms with Gasteiger partial charge in [0.05, 0.1) is 13.0 Å². The van der Waals surface area contributed by atoms with Crippen LogP contribution in [0.2, 0.25) is 0 Å². The molecule has 0 atom stereocenters. The molecule has 2 heterocycles. The van der Waals surface area contributed by atoms with E-state index in [-0.39, 0.29) is 11.9 Å². The quantitative estimate of drug-likeness (QED) is 0.607. The fourth-order valence-electron chi connectivity index (χ4n) is 1.03. The Morgan fingerprint density at radius 2 is 1.93 bits per heavy atom. The van der Waals surface area contributed by atoms with Crippen molar-refractivity contribution in [1.82, 2.24) is 24.5 Å². The van der Waals surface area contributed by atoms with Gasteiger partial charge in [0.2, 0.25) is 17.8 Å². The van der Waals surface area contributed by atoms with Crippen molar-refractivity contribution in [3.05, 3.63) is 18.7 Å². The average Bonchev–Trinajstić information content (AvgIpc) is 2.65. The first-order valence-electron chi connectivity index (χ1n) is 4.20. The van der Waals surface area contributed by atoms with Gasteiger partial charge in [-0.3, -0.25) is 0 Å². The number of nitrogens with two attached hydrogens (primary N) is 2. The Morgan fingerprint density at radius 3 is 2.53 bits per heavy atom. The second-order valence-corrected chi connectivity index (χ2v) is 2.79. The van der Waals surface area contributed by atoms with Crippen molar-refractivity contribution >= 4 is 17.8 Å². The molecule has 2 aromatic heterocycles. The standard InChI is InChI=1S/C7H10N8/c8-5-12-6(9)14-7(13-5)11-4-15-2-1-10-3-15/h1-3H,4H2,(H5,8,9,11,12,13,14). The molecule has 15 heavy (non-hydrogen) atoms. The predicted octanol–water partition coefficient (Wildman–Crippen LogP) is -0.698. The van der Waals surface area contributed by atoms with Crippen LogP contribution in [0.1, 0.15) is 0 Å². The van der Waals surface area contributed by atoms with Crippen molar-refractivity contribution in [3.63, 3.8) is 0 Å². The summed E-state index contributed by atoms with van der Waals surface area (Å²) >= 11 is 0. The summed E-state index contributed by atoms with van der Waals surface area (Å²) in [6.45, 7) is 0.489. The Hall–Kier alpha value is -2.38. The minimum absolute atomic E-state index is 0.0932. The van der Waals surface area contributed by atoms with Gasteiger partial charge < -0.3 is 21.4 Å². The number of nitrogens with zero attached hydrogens (tertiary/aromatic N) is 5. The molecule has 0 saturated carbocycles. The lowest BCUT2D eigenvalue weighted by atomic mass is 10.8. The van der Waals surface area contributed by atoms with Gasteiger partial charge in [-0.25, -0.2) is 4.98 Å². The van der Waals surface area contributed by atoms with Gasteiger partial charge in [0.15, 0.2) is 0 Å².